The summed E-state index contributed by atoms with van der Waals surface area (Å²) >= 11 is 5.96. The molecule has 0 amide bonds. The van der Waals surface area contributed by atoms with E-state index in [0.29, 0.717) is 23.9 Å². The van der Waals surface area contributed by atoms with Crippen molar-refractivity contribution in [2.75, 3.05) is 19.7 Å². The molecule has 6 nitrogen and oxygen atoms in total. The predicted octanol–water partition coefficient (Wildman–Crippen LogP) is -0.0826. The number of carbonyl (C=O) groups excluding carboxylic acids is 1. The molecular weight excluding hydrogens is 453 g/mol. The summed E-state index contributed by atoms with van der Waals surface area (Å²) in [5.74, 6) is -0.0722. The van der Waals surface area contributed by atoms with Crippen LogP contribution in [0.4, 0.5) is 0 Å². The molecule has 0 aromatic heterocycles. The van der Waals surface area contributed by atoms with E-state index in [-0.39, 0.29) is 29.6 Å². The van der Waals surface area contributed by atoms with E-state index in [1.54, 1.807) is 30.3 Å². The first kappa shape index (κ1) is 27.2. The molecular formula is C25H25ClNNaO5. The van der Waals surface area contributed by atoms with Crippen LogP contribution in [0.25, 0.3) is 0 Å². The van der Waals surface area contributed by atoms with Gasteiger partial charge in [0.05, 0.1) is 12.1 Å². The number of carbonyl (C=O) groups is 1. The van der Waals surface area contributed by atoms with Gasteiger partial charge in [0.2, 0.25) is 0 Å². The van der Waals surface area contributed by atoms with E-state index in [1.165, 1.54) is 0 Å². The number of rotatable bonds is 12. The van der Waals surface area contributed by atoms with Gasteiger partial charge in [-0.25, -0.2) is 0 Å². The second-order valence-electron chi connectivity index (χ2n) is 7.27. The number of aliphatic hydroxyl groups is 1. The number of benzene rings is 3. The maximum Gasteiger partial charge on any atom is 1.00 e. The summed E-state index contributed by atoms with van der Waals surface area (Å²) in [7, 11) is 0. The number of aliphatic hydroxyl groups excluding tert-OH is 1. The molecule has 3 rings (SSSR count). The van der Waals surface area contributed by atoms with Gasteiger partial charge in [0, 0.05) is 11.6 Å². The van der Waals surface area contributed by atoms with Gasteiger partial charge < -0.3 is 29.8 Å². The van der Waals surface area contributed by atoms with Crippen molar-refractivity contribution >= 4 is 17.6 Å². The summed E-state index contributed by atoms with van der Waals surface area (Å²) in [5.41, 5.74) is 2.81. The van der Waals surface area contributed by atoms with Crippen molar-refractivity contribution in [3.63, 3.8) is 0 Å². The van der Waals surface area contributed by atoms with Gasteiger partial charge in [-0.05, 0) is 66.1 Å². The first-order valence-corrected chi connectivity index (χ1v) is 10.6. The molecule has 3 aromatic carbocycles. The van der Waals surface area contributed by atoms with Crippen molar-refractivity contribution in [2.24, 2.45) is 0 Å². The number of ether oxygens (including phenoxy) is 2. The third-order valence-corrected chi connectivity index (χ3v) is 4.98. The van der Waals surface area contributed by atoms with Crippen LogP contribution in [0.5, 0.6) is 11.5 Å². The molecule has 0 saturated carbocycles. The molecule has 0 heterocycles. The largest absolute Gasteiger partial charge is 1.00 e. The minimum absolute atomic E-state index is 0. The summed E-state index contributed by atoms with van der Waals surface area (Å²) < 4.78 is 10.9. The summed E-state index contributed by atoms with van der Waals surface area (Å²) in [6, 6.07) is 22.1. The van der Waals surface area contributed by atoms with Crippen molar-refractivity contribution in [3.8, 4) is 11.5 Å². The van der Waals surface area contributed by atoms with Gasteiger partial charge in [0.15, 0.2) is 0 Å². The first-order valence-electron chi connectivity index (χ1n) is 10.3. The normalized spacial score (nSPS) is 11.3. The third kappa shape index (κ3) is 9.76. The zero-order valence-corrected chi connectivity index (χ0v) is 21.3. The van der Waals surface area contributed by atoms with Crippen molar-refractivity contribution in [3.05, 3.63) is 94.5 Å². The van der Waals surface area contributed by atoms with E-state index >= 15 is 0 Å². The van der Waals surface area contributed by atoms with Crippen molar-refractivity contribution in [2.45, 2.75) is 19.1 Å². The Morgan fingerprint density at radius 3 is 2.45 bits per heavy atom. The standard InChI is InChI=1S/C25H26ClNO5.Na/c26-21-5-2-4-20(14-21)24(28)15-27-12-11-18-7-9-22(10-8-18)31-16-19-3-1-6-23(13-19)32-17-25(29)30;/h1-10,13-14,24,27-28H,11-12,15-17H2,(H,29,30);/q;+1/p-1/t24-;/m0./s1. The fourth-order valence-electron chi connectivity index (χ4n) is 3.09. The molecule has 0 aliphatic carbocycles. The Morgan fingerprint density at radius 1 is 0.970 bits per heavy atom. The third-order valence-electron chi connectivity index (χ3n) is 4.75. The zero-order valence-electron chi connectivity index (χ0n) is 18.5. The average Bonchev–Trinajstić information content (AvgIpc) is 2.80. The molecule has 2 N–H and O–H groups in total. The Bertz CT molecular complexity index is 1020. The van der Waals surface area contributed by atoms with Gasteiger partial charge in [0.1, 0.15) is 24.7 Å². The summed E-state index contributed by atoms with van der Waals surface area (Å²) in [6.45, 7) is 1.04. The van der Waals surface area contributed by atoms with Crippen LogP contribution in [0, 0.1) is 0 Å². The zero-order chi connectivity index (χ0) is 22.8. The van der Waals surface area contributed by atoms with E-state index in [2.05, 4.69) is 5.32 Å². The first-order chi connectivity index (χ1) is 15.5. The number of carboxylic acids is 1. The number of carboxylic acid groups (broad SMARTS) is 1. The Labute approximate surface area is 220 Å². The van der Waals surface area contributed by atoms with Crippen LogP contribution in [0.1, 0.15) is 22.8 Å². The van der Waals surface area contributed by atoms with Crippen LogP contribution >= 0.6 is 11.6 Å². The Hall–Kier alpha value is -2.06. The van der Waals surface area contributed by atoms with Crippen LogP contribution in [0.15, 0.2) is 72.8 Å². The molecule has 3 aromatic rings. The minimum atomic E-state index is -1.26. The minimum Gasteiger partial charge on any atom is -0.546 e. The Kier molecular flexibility index (Phi) is 11.7. The second kappa shape index (κ2) is 14.3. The fourth-order valence-corrected chi connectivity index (χ4v) is 3.29. The molecule has 0 spiro atoms. The number of aliphatic carboxylic acids is 1. The fraction of sp³-hybridized carbons (Fsp3) is 0.240. The van der Waals surface area contributed by atoms with Crippen LogP contribution < -0.4 is 49.5 Å². The molecule has 0 aliphatic heterocycles. The van der Waals surface area contributed by atoms with Crippen molar-refractivity contribution in [1.29, 1.82) is 0 Å². The summed E-state index contributed by atoms with van der Waals surface area (Å²) in [5, 5.41) is 24.6. The van der Waals surface area contributed by atoms with Gasteiger partial charge >= 0.3 is 29.6 Å². The molecule has 168 valence electrons. The number of hydrogen-bond acceptors (Lipinski definition) is 6. The average molecular weight is 478 g/mol. The van der Waals surface area contributed by atoms with Crippen LogP contribution in [0.2, 0.25) is 5.02 Å². The molecule has 8 heteroatoms. The van der Waals surface area contributed by atoms with Gasteiger partial charge in [-0.3, -0.25) is 0 Å². The molecule has 0 aliphatic rings. The topological polar surface area (TPSA) is 90.9 Å². The van der Waals surface area contributed by atoms with E-state index in [1.807, 2.05) is 42.5 Å². The summed E-state index contributed by atoms with van der Waals surface area (Å²) in [4.78, 5) is 10.5. The molecule has 0 fully saturated rings. The Balaban J connectivity index is 0.00000385. The van der Waals surface area contributed by atoms with Gasteiger partial charge in [-0.1, -0.05) is 48.0 Å². The van der Waals surface area contributed by atoms with E-state index < -0.39 is 18.7 Å². The molecule has 0 bridgehead atoms. The predicted molar refractivity (Wildman–Crippen MR) is 121 cm³/mol. The number of nitrogens with one attached hydrogen (secondary N) is 1. The van der Waals surface area contributed by atoms with E-state index in [9.17, 15) is 15.0 Å². The number of hydrogen-bond donors (Lipinski definition) is 2. The van der Waals surface area contributed by atoms with Crippen LogP contribution in [-0.2, 0) is 17.8 Å². The molecule has 0 unspecified atom stereocenters. The van der Waals surface area contributed by atoms with Gasteiger partial charge in [-0.15, -0.1) is 0 Å². The summed E-state index contributed by atoms with van der Waals surface area (Å²) in [6.07, 6.45) is 0.217. The van der Waals surface area contributed by atoms with Gasteiger partial charge in [0.25, 0.3) is 0 Å². The second-order valence-corrected chi connectivity index (χ2v) is 7.70. The van der Waals surface area contributed by atoms with E-state index in [4.69, 9.17) is 21.1 Å². The molecule has 0 radical (unpaired) electrons. The monoisotopic (exact) mass is 477 g/mol. The molecule has 1 atom stereocenters. The van der Waals surface area contributed by atoms with Crippen molar-refractivity contribution < 1.29 is 54.0 Å². The maximum absolute atomic E-state index is 10.5. The molecule has 33 heavy (non-hydrogen) atoms. The Morgan fingerprint density at radius 2 is 1.73 bits per heavy atom. The SMILES string of the molecule is O=C([O-])COc1cccc(COc2ccc(CCNC[C@H](O)c3cccc(Cl)c3)cc2)c1.[Na+]. The van der Waals surface area contributed by atoms with E-state index in [0.717, 1.165) is 35.4 Å². The smallest absolute Gasteiger partial charge is 0.546 e. The number of halogens is 1. The maximum atomic E-state index is 10.5. The molecule has 0 saturated heterocycles. The van der Waals surface area contributed by atoms with Crippen LogP contribution in [-0.4, -0.2) is 30.8 Å². The van der Waals surface area contributed by atoms with Crippen molar-refractivity contribution in [1.82, 2.24) is 5.32 Å². The van der Waals surface area contributed by atoms with Gasteiger partial charge in [-0.2, -0.15) is 0 Å². The quantitative estimate of drug-likeness (QED) is 0.280. The van der Waals surface area contributed by atoms with Crippen LogP contribution in [0.3, 0.4) is 0 Å².